The normalized spacial score (nSPS) is 12.7. The Labute approximate surface area is 277 Å². The second-order valence-electron chi connectivity index (χ2n) is 13.0. The molecule has 2 amide bonds. The number of benzene rings is 3. The standard InChI is InChI=1S/C38H46N4O5/c1-6-7-8-9-10-21-47-31-19-20-32-29(23-31)24-39-34(41-32)27-13-11-26(12-14-27)22-33(36(44)40-25(2)37(45)46)42-35(43)28-15-17-30(18-16-28)38(3,4)5/h11-20,23-25,33H,6-10,21-22H2,1-5H3,(H,40,44)(H,42,43)(H,45,46)/t25-,33+/m1/s1. The molecule has 0 unspecified atom stereocenters. The molecule has 2 atom stereocenters. The lowest BCUT2D eigenvalue weighted by molar-refractivity contribution is -0.141. The summed E-state index contributed by atoms with van der Waals surface area (Å²) in [5, 5.41) is 15.5. The molecule has 0 aliphatic carbocycles. The van der Waals surface area contributed by atoms with Crippen molar-refractivity contribution in [1.82, 2.24) is 20.6 Å². The molecule has 47 heavy (non-hydrogen) atoms. The highest BCUT2D eigenvalue weighted by molar-refractivity contribution is 5.98. The van der Waals surface area contributed by atoms with E-state index in [2.05, 4.69) is 43.3 Å². The van der Waals surface area contributed by atoms with Gasteiger partial charge in [-0.1, -0.05) is 89.8 Å². The van der Waals surface area contributed by atoms with Crippen LogP contribution in [0.15, 0.2) is 72.9 Å². The number of carbonyl (C=O) groups excluding carboxylic acids is 2. The maximum atomic E-state index is 13.2. The van der Waals surface area contributed by atoms with E-state index in [1.165, 1.54) is 32.6 Å². The molecule has 248 valence electrons. The molecule has 0 aliphatic rings. The van der Waals surface area contributed by atoms with Crippen molar-refractivity contribution in [2.75, 3.05) is 6.61 Å². The molecule has 9 nitrogen and oxygen atoms in total. The molecule has 0 spiro atoms. The summed E-state index contributed by atoms with van der Waals surface area (Å²) in [6.45, 7) is 10.5. The highest BCUT2D eigenvalue weighted by Gasteiger charge is 2.25. The Morgan fingerprint density at radius 2 is 1.60 bits per heavy atom. The summed E-state index contributed by atoms with van der Waals surface area (Å²) in [5.74, 6) is -0.802. The molecular weight excluding hydrogens is 592 g/mol. The van der Waals surface area contributed by atoms with Gasteiger partial charge in [0.1, 0.15) is 17.8 Å². The first-order valence-electron chi connectivity index (χ1n) is 16.4. The maximum Gasteiger partial charge on any atom is 0.325 e. The van der Waals surface area contributed by atoms with Crippen molar-refractivity contribution >= 4 is 28.7 Å². The van der Waals surface area contributed by atoms with Gasteiger partial charge in [-0.05, 0) is 60.2 Å². The monoisotopic (exact) mass is 638 g/mol. The van der Waals surface area contributed by atoms with Gasteiger partial charge < -0.3 is 20.5 Å². The van der Waals surface area contributed by atoms with E-state index in [4.69, 9.17) is 9.72 Å². The number of rotatable bonds is 15. The Kier molecular flexibility index (Phi) is 12.1. The van der Waals surface area contributed by atoms with Gasteiger partial charge in [0.15, 0.2) is 5.82 Å². The van der Waals surface area contributed by atoms with Gasteiger partial charge >= 0.3 is 5.97 Å². The lowest BCUT2D eigenvalue weighted by Crippen LogP contribution is -2.51. The summed E-state index contributed by atoms with van der Waals surface area (Å²) < 4.78 is 5.93. The highest BCUT2D eigenvalue weighted by atomic mass is 16.5. The summed E-state index contributed by atoms with van der Waals surface area (Å²) in [7, 11) is 0. The van der Waals surface area contributed by atoms with Crippen LogP contribution in [0.2, 0.25) is 0 Å². The number of nitrogens with zero attached hydrogens (tertiary/aromatic N) is 2. The fourth-order valence-corrected chi connectivity index (χ4v) is 5.11. The number of hydrogen-bond acceptors (Lipinski definition) is 6. The molecule has 1 heterocycles. The Bertz CT molecular complexity index is 1660. The van der Waals surface area contributed by atoms with Gasteiger partial charge in [0.25, 0.3) is 5.91 Å². The van der Waals surface area contributed by atoms with Crippen LogP contribution in [0, 0.1) is 0 Å². The number of aromatic nitrogens is 2. The van der Waals surface area contributed by atoms with Crippen LogP contribution in [0.25, 0.3) is 22.3 Å². The summed E-state index contributed by atoms with van der Waals surface area (Å²) in [4.78, 5) is 47.0. The van der Waals surface area contributed by atoms with Crippen LogP contribution < -0.4 is 15.4 Å². The zero-order chi connectivity index (χ0) is 34.0. The van der Waals surface area contributed by atoms with Crippen molar-refractivity contribution in [2.45, 2.75) is 90.6 Å². The van der Waals surface area contributed by atoms with Crippen LogP contribution >= 0.6 is 0 Å². The first-order chi connectivity index (χ1) is 22.4. The van der Waals surface area contributed by atoms with Gasteiger partial charge in [-0.25, -0.2) is 9.97 Å². The molecule has 0 fully saturated rings. The average Bonchev–Trinajstić information content (AvgIpc) is 3.05. The molecule has 3 aromatic carbocycles. The molecule has 0 radical (unpaired) electrons. The van der Waals surface area contributed by atoms with Crippen LogP contribution in [0.5, 0.6) is 5.75 Å². The van der Waals surface area contributed by atoms with Crippen molar-refractivity contribution in [1.29, 1.82) is 0 Å². The Morgan fingerprint density at radius 3 is 2.26 bits per heavy atom. The van der Waals surface area contributed by atoms with Crippen molar-refractivity contribution in [3.05, 3.63) is 89.6 Å². The van der Waals surface area contributed by atoms with Gasteiger partial charge in [-0.15, -0.1) is 0 Å². The number of fused-ring (bicyclic) bond motifs is 1. The largest absolute Gasteiger partial charge is 0.494 e. The van der Waals surface area contributed by atoms with Gasteiger partial charge in [-0.2, -0.15) is 0 Å². The molecule has 3 N–H and O–H groups in total. The second-order valence-corrected chi connectivity index (χ2v) is 13.0. The minimum absolute atomic E-state index is 0.0696. The minimum Gasteiger partial charge on any atom is -0.494 e. The zero-order valence-corrected chi connectivity index (χ0v) is 28.0. The van der Waals surface area contributed by atoms with E-state index in [1.807, 2.05) is 54.6 Å². The van der Waals surface area contributed by atoms with Crippen LogP contribution in [0.4, 0.5) is 0 Å². The number of ether oxygens (including phenoxy) is 1. The lowest BCUT2D eigenvalue weighted by Gasteiger charge is -2.21. The van der Waals surface area contributed by atoms with Gasteiger partial charge in [0.05, 0.1) is 12.1 Å². The quantitative estimate of drug-likeness (QED) is 0.121. The predicted octanol–water partition coefficient (Wildman–Crippen LogP) is 6.87. The summed E-state index contributed by atoms with van der Waals surface area (Å²) in [6, 6.07) is 18.4. The van der Waals surface area contributed by atoms with E-state index in [1.54, 1.807) is 18.3 Å². The van der Waals surface area contributed by atoms with Gasteiger partial charge in [0, 0.05) is 29.1 Å². The van der Waals surface area contributed by atoms with Crippen molar-refractivity contribution in [3.63, 3.8) is 0 Å². The number of carboxylic acids is 1. The van der Waals surface area contributed by atoms with Gasteiger partial charge in [0.2, 0.25) is 5.91 Å². The Balaban J connectivity index is 1.45. The number of carboxylic acid groups (broad SMARTS) is 1. The summed E-state index contributed by atoms with van der Waals surface area (Å²) >= 11 is 0. The van der Waals surface area contributed by atoms with E-state index in [0.717, 1.165) is 39.8 Å². The zero-order valence-electron chi connectivity index (χ0n) is 28.0. The van der Waals surface area contributed by atoms with E-state index < -0.39 is 29.9 Å². The number of amides is 2. The van der Waals surface area contributed by atoms with Gasteiger partial charge in [-0.3, -0.25) is 14.4 Å². The van der Waals surface area contributed by atoms with Crippen molar-refractivity contribution in [2.24, 2.45) is 0 Å². The number of aliphatic carboxylic acids is 1. The first-order valence-corrected chi connectivity index (χ1v) is 16.4. The second kappa shape index (κ2) is 16.2. The maximum absolute atomic E-state index is 13.2. The Morgan fingerprint density at radius 1 is 0.894 bits per heavy atom. The third-order valence-electron chi connectivity index (χ3n) is 8.08. The van der Waals surface area contributed by atoms with E-state index >= 15 is 0 Å². The third kappa shape index (κ3) is 10.1. The van der Waals surface area contributed by atoms with Crippen molar-refractivity contribution in [3.8, 4) is 17.1 Å². The molecule has 0 aliphatic heterocycles. The molecule has 0 saturated heterocycles. The number of unbranched alkanes of at least 4 members (excludes halogenated alkanes) is 4. The van der Waals surface area contributed by atoms with Crippen LogP contribution in [0.3, 0.4) is 0 Å². The Hall–Kier alpha value is -4.79. The molecule has 0 saturated carbocycles. The third-order valence-corrected chi connectivity index (χ3v) is 8.08. The lowest BCUT2D eigenvalue weighted by atomic mass is 9.86. The molecule has 1 aromatic heterocycles. The topological polar surface area (TPSA) is 131 Å². The minimum atomic E-state index is -1.16. The van der Waals surface area contributed by atoms with Crippen LogP contribution in [-0.2, 0) is 21.4 Å². The van der Waals surface area contributed by atoms with E-state index in [-0.39, 0.29) is 11.8 Å². The van der Waals surface area contributed by atoms with Crippen LogP contribution in [0.1, 0.15) is 88.2 Å². The average molecular weight is 639 g/mol. The van der Waals surface area contributed by atoms with Crippen LogP contribution in [-0.4, -0.2) is 51.5 Å². The SMILES string of the molecule is CCCCCCCOc1ccc2nc(-c3ccc(C[C@H](NC(=O)c4ccc(C(C)(C)C)cc4)C(=O)N[C@H](C)C(=O)O)cc3)ncc2c1. The summed E-state index contributed by atoms with van der Waals surface area (Å²) in [5.41, 5.74) is 3.80. The van der Waals surface area contributed by atoms with E-state index in [9.17, 15) is 19.5 Å². The molecule has 0 bridgehead atoms. The van der Waals surface area contributed by atoms with E-state index in [0.29, 0.717) is 18.0 Å². The molecular formula is C38H46N4O5. The summed E-state index contributed by atoms with van der Waals surface area (Å²) in [6.07, 6.45) is 7.87. The van der Waals surface area contributed by atoms with Crippen molar-refractivity contribution < 1.29 is 24.2 Å². The number of carbonyl (C=O) groups is 3. The molecule has 9 heteroatoms. The fraction of sp³-hybridized carbons (Fsp3) is 0.395. The first kappa shape index (κ1) is 35.1. The highest BCUT2D eigenvalue weighted by Crippen LogP contribution is 2.24. The molecule has 4 rings (SSSR count). The predicted molar refractivity (Wildman–Crippen MR) is 185 cm³/mol. The smallest absolute Gasteiger partial charge is 0.325 e. The number of hydrogen-bond donors (Lipinski definition) is 3. The fourth-order valence-electron chi connectivity index (χ4n) is 5.11. The number of nitrogens with one attached hydrogen (secondary N) is 2. The molecule has 4 aromatic rings.